The molecule has 0 aliphatic carbocycles. The van der Waals surface area contributed by atoms with Gasteiger partial charge in [-0.2, -0.15) is 0 Å². The molecule has 1 aromatic rings. The van der Waals surface area contributed by atoms with Crippen molar-refractivity contribution in [1.82, 2.24) is 10.6 Å². The van der Waals surface area contributed by atoms with Gasteiger partial charge in [0, 0.05) is 23.0 Å². The van der Waals surface area contributed by atoms with Gasteiger partial charge < -0.3 is 10.6 Å². The second-order valence-electron chi connectivity index (χ2n) is 4.08. The number of thioether (sulfide) groups is 1. The highest BCUT2D eigenvalue weighted by Crippen LogP contribution is 2.25. The highest BCUT2D eigenvalue weighted by atomic mass is 35.5. The fourth-order valence-electron chi connectivity index (χ4n) is 1.62. The van der Waals surface area contributed by atoms with Gasteiger partial charge in [-0.15, -0.1) is 11.8 Å². The fourth-order valence-corrected chi connectivity index (χ4v) is 2.58. The second-order valence-corrected chi connectivity index (χ2v) is 5.82. The topological polar surface area (TPSA) is 41.1 Å². The van der Waals surface area contributed by atoms with Crippen molar-refractivity contribution in [3.8, 4) is 0 Å². The number of carbonyl (C=O) groups is 1. The van der Waals surface area contributed by atoms with Gasteiger partial charge in [-0.25, -0.2) is 0 Å². The number of halogens is 1. The van der Waals surface area contributed by atoms with Crippen molar-refractivity contribution in [2.75, 3.05) is 25.4 Å². The second kappa shape index (κ2) is 9.23. The summed E-state index contributed by atoms with van der Waals surface area (Å²) in [4.78, 5) is 13.1. The predicted molar refractivity (Wildman–Crippen MR) is 83.3 cm³/mol. The van der Waals surface area contributed by atoms with Crippen LogP contribution in [0.3, 0.4) is 0 Å². The van der Waals surface area contributed by atoms with Crippen molar-refractivity contribution in [2.45, 2.75) is 25.2 Å². The SMILES string of the molecule is CCCNCCNC(=O)c1cc(Cl)ccc1SCC. The standard InChI is InChI=1S/C14H21ClN2OS/c1-3-7-16-8-9-17-14(18)12-10-11(15)5-6-13(12)19-4-2/h5-6,10,16H,3-4,7-9H2,1-2H3,(H,17,18). The van der Waals surface area contributed by atoms with Crippen LogP contribution in [0.25, 0.3) is 0 Å². The van der Waals surface area contributed by atoms with Crippen LogP contribution in [0.15, 0.2) is 23.1 Å². The number of amides is 1. The largest absolute Gasteiger partial charge is 0.351 e. The molecule has 0 aromatic heterocycles. The van der Waals surface area contributed by atoms with E-state index in [0.717, 1.165) is 30.2 Å². The molecule has 0 aliphatic rings. The molecule has 5 heteroatoms. The molecule has 0 saturated carbocycles. The van der Waals surface area contributed by atoms with E-state index in [0.29, 0.717) is 17.1 Å². The van der Waals surface area contributed by atoms with Crippen LogP contribution in [0, 0.1) is 0 Å². The molecule has 2 N–H and O–H groups in total. The molecule has 0 atom stereocenters. The zero-order valence-electron chi connectivity index (χ0n) is 11.5. The van der Waals surface area contributed by atoms with Crippen molar-refractivity contribution in [2.24, 2.45) is 0 Å². The lowest BCUT2D eigenvalue weighted by Gasteiger charge is -2.10. The number of rotatable bonds is 8. The number of benzene rings is 1. The Balaban J connectivity index is 2.57. The van der Waals surface area contributed by atoms with E-state index in [1.165, 1.54) is 0 Å². The van der Waals surface area contributed by atoms with E-state index >= 15 is 0 Å². The lowest BCUT2D eigenvalue weighted by atomic mass is 10.2. The number of hydrogen-bond acceptors (Lipinski definition) is 3. The Hall–Kier alpha value is -0.710. The minimum Gasteiger partial charge on any atom is -0.351 e. The van der Waals surface area contributed by atoms with Gasteiger partial charge in [-0.3, -0.25) is 4.79 Å². The Morgan fingerprint density at radius 3 is 2.74 bits per heavy atom. The maximum absolute atomic E-state index is 12.1. The zero-order valence-corrected chi connectivity index (χ0v) is 13.0. The minimum absolute atomic E-state index is 0.0586. The maximum atomic E-state index is 12.1. The number of hydrogen-bond donors (Lipinski definition) is 2. The quantitative estimate of drug-likeness (QED) is 0.572. The Labute approximate surface area is 124 Å². The lowest BCUT2D eigenvalue weighted by molar-refractivity contribution is 0.0951. The third-order valence-electron chi connectivity index (χ3n) is 2.50. The molecule has 0 saturated heterocycles. The molecular formula is C14H21ClN2OS. The maximum Gasteiger partial charge on any atom is 0.252 e. The number of nitrogens with one attached hydrogen (secondary N) is 2. The first kappa shape index (κ1) is 16.3. The van der Waals surface area contributed by atoms with Crippen molar-refractivity contribution < 1.29 is 4.79 Å². The molecule has 1 rings (SSSR count). The number of carbonyl (C=O) groups excluding carboxylic acids is 1. The van der Waals surface area contributed by atoms with Gasteiger partial charge in [0.05, 0.1) is 5.56 Å². The molecule has 106 valence electrons. The summed E-state index contributed by atoms with van der Waals surface area (Å²) in [6.07, 6.45) is 1.10. The van der Waals surface area contributed by atoms with Gasteiger partial charge in [0.2, 0.25) is 0 Å². The van der Waals surface area contributed by atoms with Gasteiger partial charge in [0.25, 0.3) is 5.91 Å². The summed E-state index contributed by atoms with van der Waals surface area (Å²) in [7, 11) is 0. The summed E-state index contributed by atoms with van der Waals surface area (Å²) in [5.74, 6) is 0.872. The van der Waals surface area contributed by atoms with E-state index in [-0.39, 0.29) is 5.91 Å². The predicted octanol–water partition coefficient (Wildman–Crippen LogP) is 3.18. The molecule has 1 amide bonds. The first-order valence-corrected chi connectivity index (χ1v) is 7.96. The highest BCUT2D eigenvalue weighted by molar-refractivity contribution is 7.99. The van der Waals surface area contributed by atoms with Crippen LogP contribution in [0.1, 0.15) is 30.6 Å². The van der Waals surface area contributed by atoms with E-state index < -0.39 is 0 Å². The Morgan fingerprint density at radius 1 is 1.26 bits per heavy atom. The van der Waals surface area contributed by atoms with E-state index in [4.69, 9.17) is 11.6 Å². The van der Waals surface area contributed by atoms with Gasteiger partial charge in [-0.1, -0.05) is 25.4 Å². The monoisotopic (exact) mass is 300 g/mol. The molecule has 19 heavy (non-hydrogen) atoms. The summed E-state index contributed by atoms with van der Waals surface area (Å²) in [5.41, 5.74) is 0.662. The first-order valence-electron chi connectivity index (χ1n) is 6.60. The van der Waals surface area contributed by atoms with Crippen LogP contribution in [0.2, 0.25) is 5.02 Å². The van der Waals surface area contributed by atoms with Crippen molar-refractivity contribution in [3.05, 3.63) is 28.8 Å². The third-order valence-corrected chi connectivity index (χ3v) is 3.69. The molecular weight excluding hydrogens is 280 g/mol. The van der Waals surface area contributed by atoms with Gasteiger partial charge in [0.1, 0.15) is 0 Å². The molecule has 3 nitrogen and oxygen atoms in total. The average molecular weight is 301 g/mol. The Kier molecular flexibility index (Phi) is 7.94. The molecule has 1 aromatic carbocycles. The Morgan fingerprint density at radius 2 is 2.05 bits per heavy atom. The van der Waals surface area contributed by atoms with Crippen molar-refractivity contribution >= 4 is 29.3 Å². The van der Waals surface area contributed by atoms with Crippen LogP contribution in [-0.4, -0.2) is 31.3 Å². The van der Waals surface area contributed by atoms with Crippen molar-refractivity contribution in [3.63, 3.8) is 0 Å². The molecule has 0 unspecified atom stereocenters. The highest BCUT2D eigenvalue weighted by Gasteiger charge is 2.11. The van der Waals surface area contributed by atoms with E-state index in [9.17, 15) is 4.79 Å². The fraction of sp³-hybridized carbons (Fsp3) is 0.500. The normalized spacial score (nSPS) is 10.5. The molecule has 0 radical (unpaired) electrons. The van der Waals surface area contributed by atoms with Crippen LogP contribution < -0.4 is 10.6 Å². The van der Waals surface area contributed by atoms with Gasteiger partial charge in [0.15, 0.2) is 0 Å². The zero-order chi connectivity index (χ0) is 14.1. The van der Waals surface area contributed by atoms with E-state index in [2.05, 4.69) is 24.5 Å². The van der Waals surface area contributed by atoms with Crippen LogP contribution in [0.4, 0.5) is 0 Å². The Bertz CT molecular complexity index is 412. The van der Waals surface area contributed by atoms with Gasteiger partial charge >= 0.3 is 0 Å². The van der Waals surface area contributed by atoms with Crippen LogP contribution >= 0.6 is 23.4 Å². The summed E-state index contributed by atoms with van der Waals surface area (Å²) in [6.45, 7) is 6.57. The average Bonchev–Trinajstić information content (AvgIpc) is 2.40. The van der Waals surface area contributed by atoms with Crippen LogP contribution in [0.5, 0.6) is 0 Å². The smallest absolute Gasteiger partial charge is 0.252 e. The molecule has 0 bridgehead atoms. The summed E-state index contributed by atoms with van der Waals surface area (Å²) in [5, 5.41) is 6.75. The van der Waals surface area contributed by atoms with Crippen molar-refractivity contribution in [1.29, 1.82) is 0 Å². The molecule has 0 aliphatic heterocycles. The van der Waals surface area contributed by atoms with E-state index in [1.807, 2.05) is 12.1 Å². The van der Waals surface area contributed by atoms with Crippen LogP contribution in [-0.2, 0) is 0 Å². The van der Waals surface area contributed by atoms with E-state index in [1.54, 1.807) is 17.8 Å². The first-order chi connectivity index (χ1) is 9.19. The summed E-state index contributed by atoms with van der Waals surface area (Å²) < 4.78 is 0. The third kappa shape index (κ3) is 5.85. The summed E-state index contributed by atoms with van der Waals surface area (Å²) in [6, 6.07) is 5.45. The van der Waals surface area contributed by atoms with Gasteiger partial charge in [-0.05, 0) is 36.9 Å². The summed E-state index contributed by atoms with van der Waals surface area (Å²) >= 11 is 7.61. The molecule has 0 heterocycles. The molecule has 0 fully saturated rings. The minimum atomic E-state index is -0.0586. The lowest BCUT2D eigenvalue weighted by Crippen LogP contribution is -2.32. The molecule has 0 spiro atoms.